The van der Waals surface area contributed by atoms with Gasteiger partial charge in [0.05, 0.1) is 4.47 Å². The Labute approximate surface area is 145 Å². The van der Waals surface area contributed by atoms with Gasteiger partial charge in [0.15, 0.2) is 6.10 Å². The van der Waals surface area contributed by atoms with Crippen molar-refractivity contribution in [1.82, 2.24) is 4.90 Å². The number of nitrogens with two attached hydrogens (primary N) is 1. The second kappa shape index (κ2) is 8.70. The van der Waals surface area contributed by atoms with Gasteiger partial charge in [0, 0.05) is 13.6 Å². The molecule has 0 spiro atoms. The van der Waals surface area contributed by atoms with E-state index in [1.165, 1.54) is 18.2 Å². The molecule has 0 aromatic heterocycles. The highest BCUT2D eigenvalue weighted by Crippen LogP contribution is 2.26. The molecule has 0 heterocycles. The van der Waals surface area contributed by atoms with Crippen molar-refractivity contribution in [2.45, 2.75) is 26.9 Å². The zero-order valence-corrected chi connectivity index (χ0v) is 15.6. The molecule has 2 N–H and O–H groups in total. The Morgan fingerprint density at radius 2 is 2.09 bits per heavy atom. The molecule has 0 saturated heterocycles. The summed E-state index contributed by atoms with van der Waals surface area (Å²) in [5.41, 5.74) is 5.53. The Kier molecular flexibility index (Phi) is 8.36. The summed E-state index contributed by atoms with van der Waals surface area (Å²) in [6, 6.07) is 4.08. The fourth-order valence-electron chi connectivity index (χ4n) is 1.91. The van der Waals surface area contributed by atoms with Gasteiger partial charge in [-0.05, 0) is 53.0 Å². The summed E-state index contributed by atoms with van der Waals surface area (Å²) in [6.45, 7) is 6.70. The van der Waals surface area contributed by atoms with Crippen molar-refractivity contribution in [3.63, 3.8) is 0 Å². The first-order valence-corrected chi connectivity index (χ1v) is 7.52. The highest BCUT2D eigenvalue weighted by Gasteiger charge is 2.25. The van der Waals surface area contributed by atoms with Crippen LogP contribution < -0.4 is 10.5 Å². The number of carbonyl (C=O) groups excluding carboxylic acids is 1. The SMILES string of the molecule is CC(Oc1ccc(F)cc1Br)C(=O)N(C)CC(C)(C)CN.Cl. The predicted octanol–water partition coefficient (Wildman–Crippen LogP) is 3.22. The average molecular weight is 398 g/mol. The molecule has 1 aromatic rings. The van der Waals surface area contributed by atoms with Crippen molar-refractivity contribution >= 4 is 34.2 Å². The minimum Gasteiger partial charge on any atom is -0.480 e. The second-order valence-electron chi connectivity index (χ2n) is 5.90. The molecule has 0 radical (unpaired) electrons. The lowest BCUT2D eigenvalue weighted by Crippen LogP contribution is -2.44. The third kappa shape index (κ3) is 6.10. The summed E-state index contributed by atoms with van der Waals surface area (Å²) >= 11 is 3.22. The number of amides is 1. The molecule has 1 aromatic carbocycles. The number of carbonyl (C=O) groups is 1. The summed E-state index contributed by atoms with van der Waals surface area (Å²) in [5, 5.41) is 0. The van der Waals surface area contributed by atoms with E-state index in [0.29, 0.717) is 23.3 Å². The molecule has 0 aliphatic heterocycles. The maximum absolute atomic E-state index is 13.0. The number of hydrogen-bond donors (Lipinski definition) is 1. The Morgan fingerprint density at radius 1 is 1.50 bits per heavy atom. The Morgan fingerprint density at radius 3 is 2.59 bits per heavy atom. The van der Waals surface area contributed by atoms with E-state index >= 15 is 0 Å². The van der Waals surface area contributed by atoms with Gasteiger partial charge in [-0.3, -0.25) is 4.79 Å². The van der Waals surface area contributed by atoms with Gasteiger partial charge in [0.1, 0.15) is 11.6 Å². The van der Waals surface area contributed by atoms with Crippen LogP contribution in [0.1, 0.15) is 20.8 Å². The van der Waals surface area contributed by atoms with Crippen LogP contribution in [0.3, 0.4) is 0 Å². The van der Waals surface area contributed by atoms with Crippen LogP contribution in [-0.2, 0) is 4.79 Å². The maximum Gasteiger partial charge on any atom is 0.263 e. The van der Waals surface area contributed by atoms with Gasteiger partial charge < -0.3 is 15.4 Å². The van der Waals surface area contributed by atoms with E-state index < -0.39 is 6.10 Å². The summed E-state index contributed by atoms with van der Waals surface area (Å²) in [7, 11) is 1.72. The van der Waals surface area contributed by atoms with Gasteiger partial charge in [0.25, 0.3) is 5.91 Å². The number of halogens is 3. The van der Waals surface area contributed by atoms with Gasteiger partial charge in [0.2, 0.25) is 0 Å². The molecular formula is C15H23BrClFN2O2. The van der Waals surface area contributed by atoms with E-state index in [4.69, 9.17) is 10.5 Å². The molecule has 0 aliphatic rings. The highest BCUT2D eigenvalue weighted by atomic mass is 79.9. The van der Waals surface area contributed by atoms with E-state index in [9.17, 15) is 9.18 Å². The fraction of sp³-hybridized carbons (Fsp3) is 0.533. The van der Waals surface area contributed by atoms with Crippen molar-refractivity contribution in [1.29, 1.82) is 0 Å². The molecule has 1 atom stereocenters. The van der Waals surface area contributed by atoms with Crippen LogP contribution in [0.5, 0.6) is 5.75 Å². The standard InChI is InChI=1S/C15H22BrFN2O2.ClH/c1-10(14(20)19(4)9-15(2,3)8-18)21-13-6-5-11(17)7-12(13)16;/h5-7,10H,8-9,18H2,1-4H3;1H. The summed E-state index contributed by atoms with van der Waals surface area (Å²) in [6.07, 6.45) is -0.662. The van der Waals surface area contributed by atoms with E-state index in [0.717, 1.165) is 0 Å². The quantitative estimate of drug-likeness (QED) is 0.802. The lowest BCUT2D eigenvalue weighted by molar-refractivity contribution is -0.137. The number of likely N-dealkylation sites (N-methyl/N-ethyl adjacent to an activating group) is 1. The summed E-state index contributed by atoms with van der Waals surface area (Å²) < 4.78 is 19.1. The van der Waals surface area contributed by atoms with Crippen LogP contribution in [-0.4, -0.2) is 37.0 Å². The summed E-state index contributed by atoms with van der Waals surface area (Å²) in [5.74, 6) is -0.0773. The smallest absolute Gasteiger partial charge is 0.263 e. The molecule has 7 heteroatoms. The van der Waals surface area contributed by atoms with Crippen molar-refractivity contribution in [2.24, 2.45) is 11.1 Å². The maximum atomic E-state index is 13.0. The van der Waals surface area contributed by atoms with E-state index in [1.54, 1.807) is 18.9 Å². The molecular weight excluding hydrogens is 375 g/mol. The molecule has 1 unspecified atom stereocenters. The topological polar surface area (TPSA) is 55.6 Å². The van der Waals surface area contributed by atoms with E-state index in [-0.39, 0.29) is 29.5 Å². The van der Waals surface area contributed by atoms with Crippen LogP contribution in [0.4, 0.5) is 4.39 Å². The van der Waals surface area contributed by atoms with Crippen LogP contribution in [0.25, 0.3) is 0 Å². The zero-order chi connectivity index (χ0) is 16.2. The minimum atomic E-state index is -0.662. The van der Waals surface area contributed by atoms with Crippen LogP contribution in [0.2, 0.25) is 0 Å². The monoisotopic (exact) mass is 396 g/mol. The number of benzene rings is 1. The van der Waals surface area contributed by atoms with Gasteiger partial charge in [-0.15, -0.1) is 12.4 Å². The fourth-order valence-corrected chi connectivity index (χ4v) is 2.35. The average Bonchev–Trinajstić information content (AvgIpc) is 2.40. The minimum absolute atomic E-state index is 0. The van der Waals surface area contributed by atoms with E-state index in [2.05, 4.69) is 15.9 Å². The van der Waals surface area contributed by atoms with Crippen LogP contribution in [0.15, 0.2) is 22.7 Å². The normalized spacial score (nSPS) is 12.3. The predicted molar refractivity (Wildman–Crippen MR) is 91.9 cm³/mol. The molecule has 126 valence electrons. The van der Waals surface area contributed by atoms with Crippen LogP contribution >= 0.6 is 28.3 Å². The Bertz CT molecular complexity index is 514. The Hall–Kier alpha value is -0.850. The number of rotatable bonds is 6. The van der Waals surface area contributed by atoms with Gasteiger partial charge in [-0.2, -0.15) is 0 Å². The van der Waals surface area contributed by atoms with Gasteiger partial charge in [-0.1, -0.05) is 13.8 Å². The number of nitrogens with zero attached hydrogens (tertiary/aromatic N) is 1. The molecule has 1 amide bonds. The number of ether oxygens (including phenoxy) is 1. The zero-order valence-electron chi connectivity index (χ0n) is 13.2. The Balaban J connectivity index is 0.00000441. The largest absolute Gasteiger partial charge is 0.480 e. The summed E-state index contributed by atoms with van der Waals surface area (Å²) in [4.78, 5) is 13.9. The molecule has 0 bridgehead atoms. The van der Waals surface area contributed by atoms with Crippen molar-refractivity contribution < 1.29 is 13.9 Å². The van der Waals surface area contributed by atoms with Gasteiger partial charge >= 0.3 is 0 Å². The third-order valence-corrected chi connectivity index (χ3v) is 3.76. The van der Waals surface area contributed by atoms with Crippen molar-refractivity contribution in [3.8, 4) is 5.75 Å². The molecule has 0 fully saturated rings. The highest BCUT2D eigenvalue weighted by molar-refractivity contribution is 9.10. The second-order valence-corrected chi connectivity index (χ2v) is 6.75. The molecule has 22 heavy (non-hydrogen) atoms. The lowest BCUT2D eigenvalue weighted by atomic mass is 9.93. The number of hydrogen-bond acceptors (Lipinski definition) is 3. The first-order chi connectivity index (χ1) is 9.66. The molecule has 0 saturated carbocycles. The van der Waals surface area contributed by atoms with Crippen molar-refractivity contribution in [3.05, 3.63) is 28.5 Å². The first-order valence-electron chi connectivity index (χ1n) is 6.73. The van der Waals surface area contributed by atoms with Crippen molar-refractivity contribution in [2.75, 3.05) is 20.1 Å². The third-order valence-electron chi connectivity index (χ3n) is 3.14. The lowest BCUT2D eigenvalue weighted by Gasteiger charge is -2.30. The molecule has 4 nitrogen and oxygen atoms in total. The molecule has 1 rings (SSSR count). The first kappa shape index (κ1) is 21.1. The van der Waals surface area contributed by atoms with Crippen LogP contribution in [0, 0.1) is 11.2 Å². The van der Waals surface area contributed by atoms with E-state index in [1.807, 2.05) is 13.8 Å². The van der Waals surface area contributed by atoms with Gasteiger partial charge in [-0.25, -0.2) is 4.39 Å². The molecule has 0 aliphatic carbocycles.